The average molecular weight is 228 g/mol. The van der Waals surface area contributed by atoms with Crippen molar-refractivity contribution in [3.63, 3.8) is 0 Å². The Bertz CT molecular complexity index is 245. The van der Waals surface area contributed by atoms with E-state index in [0.717, 1.165) is 19.3 Å². The summed E-state index contributed by atoms with van der Waals surface area (Å²) in [6.07, 6.45) is 5.18. The molecule has 0 amide bonds. The minimum atomic E-state index is -1.15. The third kappa shape index (κ3) is 8.03. The van der Waals surface area contributed by atoms with E-state index in [1.54, 1.807) is 0 Å². The Labute approximate surface area is 96.3 Å². The number of hydrogen-bond donors (Lipinski definition) is 1. The van der Waals surface area contributed by atoms with Crippen molar-refractivity contribution in [2.24, 2.45) is 0 Å². The van der Waals surface area contributed by atoms with Crippen molar-refractivity contribution in [1.29, 1.82) is 0 Å². The first-order valence-electron chi connectivity index (χ1n) is 5.64. The van der Waals surface area contributed by atoms with Crippen LogP contribution >= 0.6 is 0 Å². The van der Waals surface area contributed by atoms with Gasteiger partial charge >= 0.3 is 11.9 Å². The molecule has 0 bridgehead atoms. The third-order valence-electron chi connectivity index (χ3n) is 2.17. The summed E-state index contributed by atoms with van der Waals surface area (Å²) in [6.45, 7) is 5.77. The summed E-state index contributed by atoms with van der Waals surface area (Å²) in [5.41, 5.74) is -0.129. The first-order chi connectivity index (χ1) is 7.57. The smallest absolute Gasteiger partial charge is 0.331 e. The van der Waals surface area contributed by atoms with Gasteiger partial charge in [0.15, 0.2) is 0 Å². The summed E-state index contributed by atoms with van der Waals surface area (Å²) in [5, 5.41) is 8.49. The van der Waals surface area contributed by atoms with Crippen molar-refractivity contribution < 1.29 is 19.4 Å². The minimum Gasteiger partial charge on any atom is -0.478 e. The Morgan fingerprint density at radius 3 is 2.38 bits per heavy atom. The number of aliphatic carboxylic acids is 1. The molecule has 0 aromatic carbocycles. The van der Waals surface area contributed by atoms with Crippen LogP contribution in [0.4, 0.5) is 0 Å². The predicted molar refractivity (Wildman–Crippen MR) is 61.1 cm³/mol. The van der Waals surface area contributed by atoms with Gasteiger partial charge in [-0.15, -0.1) is 0 Å². The lowest BCUT2D eigenvalue weighted by atomic mass is 10.2. The molecule has 0 aromatic heterocycles. The molecule has 0 aliphatic heterocycles. The van der Waals surface area contributed by atoms with E-state index in [1.807, 2.05) is 0 Å². The van der Waals surface area contributed by atoms with Crippen molar-refractivity contribution in [2.75, 3.05) is 6.61 Å². The van der Waals surface area contributed by atoms with Crippen LogP contribution in [0.3, 0.4) is 0 Å². The molecule has 0 heterocycles. The highest BCUT2D eigenvalue weighted by Crippen LogP contribution is 2.04. The molecular formula is C12H20O4. The topological polar surface area (TPSA) is 63.6 Å². The van der Waals surface area contributed by atoms with Crippen LogP contribution < -0.4 is 0 Å². The highest BCUT2D eigenvalue weighted by atomic mass is 16.5. The first kappa shape index (κ1) is 14.7. The van der Waals surface area contributed by atoms with Crippen LogP contribution in [0.5, 0.6) is 0 Å². The summed E-state index contributed by atoms with van der Waals surface area (Å²) >= 11 is 0. The molecule has 0 saturated heterocycles. The molecule has 0 aliphatic rings. The van der Waals surface area contributed by atoms with Gasteiger partial charge in [-0.1, -0.05) is 39.2 Å². The van der Waals surface area contributed by atoms with Crippen LogP contribution in [0.25, 0.3) is 0 Å². The van der Waals surface area contributed by atoms with Crippen LogP contribution in [-0.4, -0.2) is 23.7 Å². The zero-order valence-electron chi connectivity index (χ0n) is 9.83. The third-order valence-corrected chi connectivity index (χ3v) is 2.17. The van der Waals surface area contributed by atoms with E-state index in [-0.39, 0.29) is 12.0 Å². The number of carboxylic acids is 1. The van der Waals surface area contributed by atoms with E-state index < -0.39 is 11.9 Å². The zero-order valence-corrected chi connectivity index (χ0v) is 9.83. The average Bonchev–Trinajstić information content (AvgIpc) is 2.23. The second kappa shape index (κ2) is 8.95. The highest BCUT2D eigenvalue weighted by Gasteiger charge is 2.10. The van der Waals surface area contributed by atoms with Gasteiger partial charge in [-0.2, -0.15) is 0 Å². The number of hydrogen-bond acceptors (Lipinski definition) is 3. The quantitative estimate of drug-likeness (QED) is 0.374. The van der Waals surface area contributed by atoms with Crippen molar-refractivity contribution in [3.05, 3.63) is 12.2 Å². The monoisotopic (exact) mass is 228 g/mol. The molecule has 0 spiro atoms. The van der Waals surface area contributed by atoms with Crippen molar-refractivity contribution in [3.8, 4) is 0 Å². The van der Waals surface area contributed by atoms with Gasteiger partial charge in [0.1, 0.15) is 0 Å². The molecule has 4 nitrogen and oxygen atoms in total. The lowest BCUT2D eigenvalue weighted by Gasteiger charge is -2.04. The SMILES string of the molecule is C=C(CC(=O)OCCCCCCC)C(=O)O. The molecule has 0 aliphatic carbocycles. The number of esters is 1. The van der Waals surface area contributed by atoms with Crippen molar-refractivity contribution in [2.45, 2.75) is 45.4 Å². The van der Waals surface area contributed by atoms with Gasteiger partial charge in [0.05, 0.1) is 13.0 Å². The van der Waals surface area contributed by atoms with Gasteiger partial charge in [0, 0.05) is 5.57 Å². The number of unbranched alkanes of at least 4 members (excludes halogenated alkanes) is 4. The van der Waals surface area contributed by atoms with Gasteiger partial charge in [-0.05, 0) is 6.42 Å². The molecule has 0 rings (SSSR count). The summed E-state index contributed by atoms with van der Waals surface area (Å²) in [7, 11) is 0. The number of carboxylic acid groups (broad SMARTS) is 1. The van der Waals surface area contributed by atoms with Gasteiger partial charge in [-0.25, -0.2) is 4.79 Å². The molecule has 4 heteroatoms. The molecule has 0 saturated carbocycles. The molecule has 92 valence electrons. The number of ether oxygens (including phenoxy) is 1. The molecule has 0 aromatic rings. The Kier molecular flexibility index (Phi) is 8.21. The number of carbonyl (C=O) groups is 2. The molecule has 0 radical (unpaired) electrons. The lowest BCUT2D eigenvalue weighted by Crippen LogP contribution is -2.10. The van der Waals surface area contributed by atoms with E-state index in [1.165, 1.54) is 12.8 Å². The highest BCUT2D eigenvalue weighted by molar-refractivity contribution is 5.91. The van der Waals surface area contributed by atoms with E-state index in [2.05, 4.69) is 13.5 Å². The summed E-state index contributed by atoms with van der Waals surface area (Å²) in [6, 6.07) is 0. The number of carbonyl (C=O) groups excluding carboxylic acids is 1. The fourth-order valence-corrected chi connectivity index (χ4v) is 1.19. The summed E-state index contributed by atoms with van der Waals surface area (Å²) in [5.74, 6) is -1.66. The Hall–Kier alpha value is -1.32. The van der Waals surface area contributed by atoms with E-state index in [9.17, 15) is 9.59 Å². The standard InChI is InChI=1S/C12H20O4/c1-3-4-5-6-7-8-16-11(13)9-10(2)12(14)15/h2-9H2,1H3,(H,14,15). The second-order valence-corrected chi connectivity index (χ2v) is 3.72. The lowest BCUT2D eigenvalue weighted by molar-refractivity contribution is -0.144. The summed E-state index contributed by atoms with van der Waals surface area (Å²) in [4.78, 5) is 21.5. The van der Waals surface area contributed by atoms with E-state index in [4.69, 9.17) is 9.84 Å². The van der Waals surface area contributed by atoms with Crippen molar-refractivity contribution in [1.82, 2.24) is 0 Å². The second-order valence-electron chi connectivity index (χ2n) is 3.72. The minimum absolute atomic E-state index is 0.129. The largest absolute Gasteiger partial charge is 0.478 e. The van der Waals surface area contributed by atoms with Crippen LogP contribution in [0.1, 0.15) is 45.4 Å². The maximum atomic E-state index is 11.1. The fourth-order valence-electron chi connectivity index (χ4n) is 1.19. The molecule has 0 fully saturated rings. The summed E-state index contributed by atoms with van der Waals surface area (Å²) < 4.78 is 4.88. The molecule has 0 unspecified atom stereocenters. The van der Waals surface area contributed by atoms with Crippen molar-refractivity contribution >= 4 is 11.9 Å². The molecule has 0 atom stereocenters. The van der Waals surface area contributed by atoms with Gasteiger partial charge in [0.2, 0.25) is 0 Å². The zero-order chi connectivity index (χ0) is 12.4. The normalized spacial score (nSPS) is 9.81. The van der Waals surface area contributed by atoms with Crippen LogP contribution in [0, 0.1) is 0 Å². The molecule has 16 heavy (non-hydrogen) atoms. The molecule has 1 N–H and O–H groups in total. The molecular weight excluding hydrogens is 208 g/mol. The Balaban J connectivity index is 3.44. The van der Waals surface area contributed by atoms with E-state index in [0.29, 0.717) is 6.61 Å². The first-order valence-corrected chi connectivity index (χ1v) is 5.64. The Morgan fingerprint density at radius 1 is 1.19 bits per heavy atom. The van der Waals surface area contributed by atoms with E-state index >= 15 is 0 Å². The fraction of sp³-hybridized carbons (Fsp3) is 0.667. The van der Waals surface area contributed by atoms with Gasteiger partial charge in [0.25, 0.3) is 0 Å². The maximum Gasteiger partial charge on any atom is 0.331 e. The van der Waals surface area contributed by atoms with Gasteiger partial charge in [-0.3, -0.25) is 4.79 Å². The predicted octanol–water partition coefficient (Wildman–Crippen LogP) is 2.53. The maximum absolute atomic E-state index is 11.1. The van der Waals surface area contributed by atoms with Crippen LogP contribution in [0.2, 0.25) is 0 Å². The van der Waals surface area contributed by atoms with Crippen LogP contribution in [0.15, 0.2) is 12.2 Å². The Morgan fingerprint density at radius 2 is 1.81 bits per heavy atom. The number of rotatable bonds is 9. The van der Waals surface area contributed by atoms with Crippen LogP contribution in [-0.2, 0) is 14.3 Å². The van der Waals surface area contributed by atoms with Gasteiger partial charge < -0.3 is 9.84 Å².